The standard InChI is InChI=1S/C20H20ClNO4/c1-3-25-16(26-4-2)11-22-15-10-9-14(21)17-18(15)20(24)13-8-6-5-7-12(13)19(17)23/h5-10,16,22H,3-4,11H2,1-2H3. The smallest absolute Gasteiger partial charge is 0.196 e. The Bertz CT molecular complexity index is 844. The normalized spacial score (nSPS) is 12.9. The molecule has 5 nitrogen and oxygen atoms in total. The lowest BCUT2D eigenvalue weighted by Crippen LogP contribution is -2.28. The third kappa shape index (κ3) is 3.38. The SMILES string of the molecule is CCOC(CNc1ccc(Cl)c2c1C(=O)c1ccccc1C2=O)OCC. The Kier molecular flexibility index (Phi) is 5.71. The highest BCUT2D eigenvalue weighted by Crippen LogP contribution is 2.36. The van der Waals surface area contributed by atoms with Crippen LogP contribution in [-0.2, 0) is 9.47 Å². The van der Waals surface area contributed by atoms with Gasteiger partial charge in [0, 0.05) is 30.0 Å². The number of nitrogens with one attached hydrogen (secondary N) is 1. The molecule has 0 aliphatic heterocycles. The molecule has 0 radical (unpaired) electrons. The van der Waals surface area contributed by atoms with Gasteiger partial charge in [0.25, 0.3) is 0 Å². The predicted octanol–water partition coefficient (Wildman–Crippen LogP) is 3.93. The van der Waals surface area contributed by atoms with E-state index < -0.39 is 6.29 Å². The maximum atomic E-state index is 13.0. The monoisotopic (exact) mass is 373 g/mol. The lowest BCUT2D eigenvalue weighted by molar-refractivity contribution is -0.126. The van der Waals surface area contributed by atoms with Crippen LogP contribution in [0.4, 0.5) is 5.69 Å². The number of anilines is 1. The first-order chi connectivity index (χ1) is 12.6. The van der Waals surface area contributed by atoms with Gasteiger partial charge in [0.15, 0.2) is 17.9 Å². The highest BCUT2D eigenvalue weighted by molar-refractivity contribution is 6.39. The van der Waals surface area contributed by atoms with Crippen LogP contribution in [0.5, 0.6) is 0 Å². The van der Waals surface area contributed by atoms with Gasteiger partial charge in [-0.05, 0) is 26.0 Å². The first-order valence-electron chi connectivity index (χ1n) is 8.56. The van der Waals surface area contributed by atoms with Gasteiger partial charge in [-0.25, -0.2) is 0 Å². The van der Waals surface area contributed by atoms with Crippen LogP contribution in [0.25, 0.3) is 0 Å². The van der Waals surface area contributed by atoms with Crippen molar-refractivity contribution in [3.05, 3.63) is 63.7 Å². The second-order valence-electron chi connectivity index (χ2n) is 5.77. The molecule has 2 aromatic rings. The number of carbonyl (C=O) groups excluding carboxylic acids is 2. The van der Waals surface area contributed by atoms with Crippen LogP contribution in [0.2, 0.25) is 5.02 Å². The molecule has 1 N–H and O–H groups in total. The zero-order valence-corrected chi connectivity index (χ0v) is 15.4. The Hall–Kier alpha value is -2.21. The molecule has 0 saturated carbocycles. The van der Waals surface area contributed by atoms with E-state index >= 15 is 0 Å². The van der Waals surface area contributed by atoms with E-state index in [9.17, 15) is 9.59 Å². The lowest BCUT2D eigenvalue weighted by atomic mass is 9.83. The highest BCUT2D eigenvalue weighted by atomic mass is 35.5. The Balaban J connectivity index is 1.98. The number of carbonyl (C=O) groups is 2. The quantitative estimate of drug-likeness (QED) is 0.636. The summed E-state index contributed by atoms with van der Waals surface area (Å²) in [5.74, 6) is -0.459. The van der Waals surface area contributed by atoms with Crippen LogP contribution < -0.4 is 5.32 Å². The Morgan fingerprint density at radius 3 is 2.08 bits per heavy atom. The number of ether oxygens (including phenoxy) is 2. The van der Waals surface area contributed by atoms with Gasteiger partial charge in [-0.15, -0.1) is 0 Å². The molecule has 0 atom stereocenters. The van der Waals surface area contributed by atoms with Gasteiger partial charge in [-0.3, -0.25) is 9.59 Å². The van der Waals surface area contributed by atoms with E-state index in [4.69, 9.17) is 21.1 Å². The van der Waals surface area contributed by atoms with Crippen LogP contribution in [0.3, 0.4) is 0 Å². The molecule has 6 heteroatoms. The van der Waals surface area contributed by atoms with Gasteiger partial charge in [-0.1, -0.05) is 35.9 Å². The first kappa shape index (κ1) is 18.6. The number of benzene rings is 2. The van der Waals surface area contributed by atoms with Crippen LogP contribution in [-0.4, -0.2) is 37.6 Å². The summed E-state index contributed by atoms with van der Waals surface area (Å²) in [5, 5.41) is 3.44. The van der Waals surface area contributed by atoms with E-state index in [1.807, 2.05) is 13.8 Å². The highest BCUT2D eigenvalue weighted by Gasteiger charge is 2.33. The maximum absolute atomic E-state index is 13.0. The molecular weight excluding hydrogens is 354 g/mol. The molecule has 2 aromatic carbocycles. The summed E-state index contributed by atoms with van der Waals surface area (Å²) in [4.78, 5) is 25.9. The summed E-state index contributed by atoms with van der Waals surface area (Å²) in [7, 11) is 0. The van der Waals surface area contributed by atoms with Crippen LogP contribution in [0.1, 0.15) is 45.7 Å². The summed E-state index contributed by atoms with van der Waals surface area (Å²) < 4.78 is 11.0. The van der Waals surface area contributed by atoms with Gasteiger partial charge in [0.1, 0.15) is 0 Å². The van der Waals surface area contributed by atoms with Crippen molar-refractivity contribution in [2.45, 2.75) is 20.1 Å². The van der Waals surface area contributed by atoms with Crippen LogP contribution in [0, 0.1) is 0 Å². The molecule has 1 aliphatic rings. The molecule has 3 rings (SSSR count). The molecule has 0 amide bonds. The van der Waals surface area contributed by atoms with Crippen molar-refractivity contribution in [3.8, 4) is 0 Å². The van der Waals surface area contributed by atoms with E-state index in [0.717, 1.165) is 0 Å². The van der Waals surface area contributed by atoms with Gasteiger partial charge in [0.2, 0.25) is 0 Å². The first-order valence-corrected chi connectivity index (χ1v) is 8.94. The van der Waals surface area contributed by atoms with Gasteiger partial charge >= 0.3 is 0 Å². The van der Waals surface area contributed by atoms with Crippen molar-refractivity contribution in [3.63, 3.8) is 0 Å². The van der Waals surface area contributed by atoms with Crippen LogP contribution >= 0.6 is 11.6 Å². The van der Waals surface area contributed by atoms with Gasteiger partial charge in [0.05, 0.1) is 22.7 Å². The third-order valence-electron chi connectivity index (χ3n) is 4.19. The molecule has 26 heavy (non-hydrogen) atoms. The zero-order chi connectivity index (χ0) is 18.7. The van der Waals surface area contributed by atoms with Crippen molar-refractivity contribution >= 4 is 28.9 Å². The van der Waals surface area contributed by atoms with Crippen molar-refractivity contribution in [1.82, 2.24) is 0 Å². The van der Waals surface area contributed by atoms with Gasteiger partial charge in [-0.2, -0.15) is 0 Å². The molecule has 0 spiro atoms. The van der Waals surface area contributed by atoms with E-state index in [-0.39, 0.29) is 22.2 Å². The minimum atomic E-state index is -0.446. The minimum absolute atomic E-state index is 0.218. The molecular formula is C20H20ClNO4. The second kappa shape index (κ2) is 7.99. The van der Waals surface area contributed by atoms with E-state index in [1.165, 1.54) is 0 Å². The topological polar surface area (TPSA) is 64.6 Å². The summed E-state index contributed by atoms with van der Waals surface area (Å²) in [6.45, 7) is 5.13. The Morgan fingerprint density at radius 2 is 1.50 bits per heavy atom. The largest absolute Gasteiger partial charge is 0.379 e. The fourth-order valence-electron chi connectivity index (χ4n) is 3.06. The minimum Gasteiger partial charge on any atom is -0.379 e. The third-order valence-corrected chi connectivity index (χ3v) is 4.50. The summed E-state index contributed by atoms with van der Waals surface area (Å²) in [6.07, 6.45) is -0.446. The molecule has 0 bridgehead atoms. The maximum Gasteiger partial charge on any atom is 0.196 e. The number of fused-ring (bicyclic) bond motifs is 2. The molecule has 1 aliphatic carbocycles. The lowest BCUT2D eigenvalue weighted by Gasteiger charge is -2.23. The molecule has 0 saturated heterocycles. The second-order valence-corrected chi connectivity index (χ2v) is 6.18. The molecule has 0 heterocycles. The van der Waals surface area contributed by atoms with E-state index in [0.29, 0.717) is 42.1 Å². The Labute approximate surface area is 157 Å². The van der Waals surface area contributed by atoms with Crippen LogP contribution in [0.15, 0.2) is 36.4 Å². The number of rotatable bonds is 7. The van der Waals surface area contributed by atoms with E-state index in [1.54, 1.807) is 36.4 Å². The number of hydrogen-bond acceptors (Lipinski definition) is 5. The predicted molar refractivity (Wildman–Crippen MR) is 100 cm³/mol. The number of hydrogen-bond donors (Lipinski definition) is 1. The van der Waals surface area contributed by atoms with Crippen molar-refractivity contribution < 1.29 is 19.1 Å². The van der Waals surface area contributed by atoms with Crippen molar-refractivity contribution in [1.29, 1.82) is 0 Å². The Morgan fingerprint density at radius 1 is 0.923 bits per heavy atom. The molecule has 0 unspecified atom stereocenters. The fraction of sp³-hybridized carbons (Fsp3) is 0.300. The average Bonchev–Trinajstić information content (AvgIpc) is 2.65. The van der Waals surface area contributed by atoms with Crippen molar-refractivity contribution in [2.24, 2.45) is 0 Å². The number of halogens is 1. The summed E-state index contributed by atoms with van der Waals surface area (Å²) in [6, 6.07) is 10.1. The van der Waals surface area contributed by atoms with E-state index in [2.05, 4.69) is 5.32 Å². The number of ketones is 2. The zero-order valence-electron chi connectivity index (χ0n) is 14.7. The summed E-state index contributed by atoms with van der Waals surface area (Å²) in [5.41, 5.74) is 1.85. The molecule has 0 aromatic heterocycles. The summed E-state index contributed by atoms with van der Waals surface area (Å²) >= 11 is 6.25. The van der Waals surface area contributed by atoms with Crippen molar-refractivity contribution in [2.75, 3.05) is 25.1 Å². The van der Waals surface area contributed by atoms with Gasteiger partial charge < -0.3 is 14.8 Å². The fourth-order valence-corrected chi connectivity index (χ4v) is 3.31. The molecule has 136 valence electrons. The molecule has 0 fully saturated rings. The average molecular weight is 374 g/mol.